The standard InChI is InChI=1S/C12H24N2O/c1-6-11(3)8-10(15)13-9-12(4,7-2)14(11)5/h6-9H2,1-5H3,(H,13,15). The van der Waals surface area contributed by atoms with Crippen LogP contribution >= 0.6 is 0 Å². The fourth-order valence-corrected chi connectivity index (χ4v) is 2.31. The number of nitrogens with one attached hydrogen (secondary N) is 1. The molecule has 0 aromatic rings. The van der Waals surface area contributed by atoms with E-state index < -0.39 is 0 Å². The van der Waals surface area contributed by atoms with E-state index in [1.807, 2.05) is 0 Å². The SMILES string of the molecule is CCC1(C)CNC(=O)CC(C)(CC)N1C. The van der Waals surface area contributed by atoms with E-state index in [4.69, 9.17) is 0 Å². The highest BCUT2D eigenvalue weighted by molar-refractivity contribution is 5.77. The van der Waals surface area contributed by atoms with Crippen molar-refractivity contribution in [2.24, 2.45) is 0 Å². The van der Waals surface area contributed by atoms with Crippen LogP contribution < -0.4 is 5.32 Å². The normalized spacial score (nSPS) is 38.6. The molecule has 0 saturated carbocycles. The Morgan fingerprint density at radius 1 is 1.27 bits per heavy atom. The van der Waals surface area contributed by atoms with Crippen molar-refractivity contribution in [2.45, 2.75) is 58.0 Å². The van der Waals surface area contributed by atoms with Crippen LogP contribution in [0.15, 0.2) is 0 Å². The molecule has 2 unspecified atom stereocenters. The number of likely N-dealkylation sites (N-methyl/N-ethyl adjacent to an activating group) is 1. The van der Waals surface area contributed by atoms with Crippen LogP contribution in [0, 0.1) is 0 Å². The van der Waals surface area contributed by atoms with Gasteiger partial charge in [-0.25, -0.2) is 0 Å². The van der Waals surface area contributed by atoms with E-state index in [2.05, 4.69) is 45.0 Å². The maximum absolute atomic E-state index is 11.7. The zero-order valence-electron chi connectivity index (χ0n) is 10.7. The quantitative estimate of drug-likeness (QED) is 0.756. The van der Waals surface area contributed by atoms with Gasteiger partial charge >= 0.3 is 0 Å². The molecule has 0 aromatic carbocycles. The molecule has 3 nitrogen and oxygen atoms in total. The van der Waals surface area contributed by atoms with Crippen LogP contribution in [0.5, 0.6) is 0 Å². The Morgan fingerprint density at radius 2 is 1.80 bits per heavy atom. The molecule has 1 aliphatic rings. The van der Waals surface area contributed by atoms with Crippen molar-refractivity contribution in [3.05, 3.63) is 0 Å². The monoisotopic (exact) mass is 212 g/mol. The lowest BCUT2D eigenvalue weighted by Crippen LogP contribution is -2.56. The van der Waals surface area contributed by atoms with Gasteiger partial charge in [-0.1, -0.05) is 13.8 Å². The Hall–Kier alpha value is -0.570. The lowest BCUT2D eigenvalue weighted by atomic mass is 9.87. The summed E-state index contributed by atoms with van der Waals surface area (Å²) in [6.07, 6.45) is 2.67. The fraction of sp³-hybridized carbons (Fsp3) is 0.917. The smallest absolute Gasteiger partial charge is 0.221 e. The summed E-state index contributed by atoms with van der Waals surface area (Å²) in [5.74, 6) is 0.184. The first-order chi connectivity index (χ1) is 6.88. The highest BCUT2D eigenvalue weighted by Gasteiger charge is 2.42. The van der Waals surface area contributed by atoms with Crippen LogP contribution in [0.4, 0.5) is 0 Å². The first-order valence-corrected chi connectivity index (χ1v) is 5.88. The molecule has 3 heteroatoms. The molecule has 2 atom stereocenters. The molecule has 1 N–H and O–H groups in total. The Labute approximate surface area is 93.2 Å². The molecule has 1 heterocycles. The molecule has 1 saturated heterocycles. The summed E-state index contributed by atoms with van der Waals surface area (Å²) >= 11 is 0. The van der Waals surface area contributed by atoms with E-state index in [0.29, 0.717) is 6.42 Å². The zero-order valence-corrected chi connectivity index (χ0v) is 10.7. The largest absolute Gasteiger partial charge is 0.354 e. The van der Waals surface area contributed by atoms with Crippen LogP contribution in [0.3, 0.4) is 0 Å². The molecule has 1 fully saturated rings. The molecular weight excluding hydrogens is 188 g/mol. The number of hydrogen-bond donors (Lipinski definition) is 1. The number of hydrogen-bond acceptors (Lipinski definition) is 2. The molecule has 0 aromatic heterocycles. The van der Waals surface area contributed by atoms with Gasteiger partial charge in [-0.3, -0.25) is 9.69 Å². The lowest BCUT2D eigenvalue weighted by Gasteiger charge is -2.46. The van der Waals surface area contributed by atoms with Crippen LogP contribution in [-0.4, -0.2) is 35.5 Å². The Kier molecular flexibility index (Phi) is 3.44. The summed E-state index contributed by atoms with van der Waals surface area (Å²) in [5.41, 5.74) is 0.0717. The number of rotatable bonds is 2. The molecule has 88 valence electrons. The second-order valence-corrected chi connectivity index (χ2v) is 5.21. The van der Waals surface area contributed by atoms with E-state index in [1.165, 1.54) is 0 Å². The molecule has 0 radical (unpaired) electrons. The summed E-state index contributed by atoms with van der Waals surface area (Å²) in [5, 5.41) is 3.03. The molecule has 15 heavy (non-hydrogen) atoms. The topological polar surface area (TPSA) is 32.3 Å². The molecular formula is C12H24N2O. The van der Waals surface area contributed by atoms with E-state index in [9.17, 15) is 4.79 Å². The van der Waals surface area contributed by atoms with E-state index in [-0.39, 0.29) is 17.0 Å². The average Bonchev–Trinajstić information content (AvgIpc) is 2.31. The highest BCUT2D eigenvalue weighted by atomic mass is 16.1. The number of carbonyl (C=O) groups is 1. The summed E-state index contributed by atoms with van der Waals surface area (Å²) in [6, 6.07) is 0. The van der Waals surface area contributed by atoms with Crippen molar-refractivity contribution >= 4 is 5.91 Å². The third kappa shape index (κ3) is 2.17. The van der Waals surface area contributed by atoms with Gasteiger partial charge in [-0.2, -0.15) is 0 Å². The third-order valence-corrected chi connectivity index (χ3v) is 4.35. The van der Waals surface area contributed by atoms with Crippen molar-refractivity contribution in [1.29, 1.82) is 0 Å². The molecule has 1 amide bonds. The van der Waals surface area contributed by atoms with E-state index in [0.717, 1.165) is 19.4 Å². The van der Waals surface area contributed by atoms with Gasteiger partial charge in [0.1, 0.15) is 0 Å². The highest BCUT2D eigenvalue weighted by Crippen LogP contribution is 2.32. The molecule has 0 bridgehead atoms. The van der Waals surface area contributed by atoms with Crippen LogP contribution in [-0.2, 0) is 4.79 Å². The van der Waals surface area contributed by atoms with Crippen molar-refractivity contribution < 1.29 is 4.79 Å². The maximum Gasteiger partial charge on any atom is 0.221 e. The summed E-state index contributed by atoms with van der Waals surface area (Å²) < 4.78 is 0. The van der Waals surface area contributed by atoms with Crippen molar-refractivity contribution in [2.75, 3.05) is 13.6 Å². The molecule has 1 aliphatic heterocycles. The van der Waals surface area contributed by atoms with E-state index >= 15 is 0 Å². The maximum atomic E-state index is 11.7. The predicted molar refractivity (Wildman–Crippen MR) is 62.8 cm³/mol. The van der Waals surface area contributed by atoms with Gasteiger partial charge in [0.05, 0.1) is 0 Å². The van der Waals surface area contributed by atoms with Gasteiger partial charge < -0.3 is 5.32 Å². The van der Waals surface area contributed by atoms with E-state index in [1.54, 1.807) is 0 Å². The van der Waals surface area contributed by atoms with Crippen molar-refractivity contribution in [1.82, 2.24) is 10.2 Å². The van der Waals surface area contributed by atoms with Crippen molar-refractivity contribution in [3.8, 4) is 0 Å². The fourth-order valence-electron chi connectivity index (χ4n) is 2.31. The van der Waals surface area contributed by atoms with Gasteiger partial charge in [-0.15, -0.1) is 0 Å². The summed E-state index contributed by atoms with van der Waals surface area (Å²) in [6.45, 7) is 9.52. The van der Waals surface area contributed by atoms with Crippen LogP contribution in [0.2, 0.25) is 0 Å². The van der Waals surface area contributed by atoms with Crippen LogP contribution in [0.1, 0.15) is 47.0 Å². The van der Waals surface area contributed by atoms with Gasteiger partial charge in [0.25, 0.3) is 0 Å². The zero-order chi connectivity index (χ0) is 11.7. The second kappa shape index (κ2) is 4.12. The Bertz CT molecular complexity index is 254. The number of nitrogens with zero attached hydrogens (tertiary/aromatic N) is 1. The van der Waals surface area contributed by atoms with Gasteiger partial charge in [0.2, 0.25) is 5.91 Å². The summed E-state index contributed by atoms with van der Waals surface area (Å²) in [4.78, 5) is 14.1. The number of amides is 1. The lowest BCUT2D eigenvalue weighted by molar-refractivity contribution is -0.122. The minimum atomic E-state index is -0.00859. The third-order valence-electron chi connectivity index (χ3n) is 4.35. The molecule has 0 spiro atoms. The van der Waals surface area contributed by atoms with Gasteiger partial charge in [0, 0.05) is 24.0 Å². The summed E-state index contributed by atoms with van der Waals surface area (Å²) in [7, 11) is 2.15. The average molecular weight is 212 g/mol. The minimum absolute atomic E-state index is 0.00859. The second-order valence-electron chi connectivity index (χ2n) is 5.21. The minimum Gasteiger partial charge on any atom is -0.354 e. The number of carbonyl (C=O) groups excluding carboxylic acids is 1. The predicted octanol–water partition coefficient (Wildman–Crippen LogP) is 1.78. The first-order valence-electron chi connectivity index (χ1n) is 5.88. The van der Waals surface area contributed by atoms with Gasteiger partial charge in [-0.05, 0) is 33.7 Å². The van der Waals surface area contributed by atoms with Crippen molar-refractivity contribution in [3.63, 3.8) is 0 Å². The molecule has 1 rings (SSSR count). The molecule has 0 aliphatic carbocycles. The van der Waals surface area contributed by atoms with Gasteiger partial charge in [0.15, 0.2) is 0 Å². The Morgan fingerprint density at radius 3 is 2.27 bits per heavy atom. The first kappa shape index (κ1) is 12.5. The Balaban J connectivity index is 3.02. The van der Waals surface area contributed by atoms with Crippen LogP contribution in [0.25, 0.3) is 0 Å².